The molecule has 1 aliphatic carbocycles. The predicted molar refractivity (Wildman–Crippen MR) is 92.3 cm³/mol. The summed E-state index contributed by atoms with van der Waals surface area (Å²) in [7, 11) is 0. The average molecular weight is 343 g/mol. The van der Waals surface area contributed by atoms with Crippen LogP contribution in [0.3, 0.4) is 0 Å². The van der Waals surface area contributed by atoms with Crippen molar-refractivity contribution in [2.75, 3.05) is 26.2 Å². The molecule has 134 valence electrons. The van der Waals surface area contributed by atoms with Crippen LogP contribution in [0.4, 0.5) is 0 Å². The van der Waals surface area contributed by atoms with Crippen molar-refractivity contribution in [2.24, 2.45) is 0 Å². The molecule has 0 N–H and O–H groups in total. The molecule has 1 atom stereocenters. The fraction of sp³-hybridized carbons (Fsp3) is 0.611. The van der Waals surface area contributed by atoms with E-state index in [0.717, 1.165) is 57.7 Å². The minimum absolute atomic E-state index is 0.0269. The van der Waals surface area contributed by atoms with Gasteiger partial charge in [0, 0.05) is 56.6 Å². The molecule has 2 fully saturated rings. The van der Waals surface area contributed by atoms with Crippen LogP contribution in [0.1, 0.15) is 48.4 Å². The first-order valence-electron chi connectivity index (χ1n) is 9.18. The second kappa shape index (κ2) is 7.00. The molecule has 4 rings (SSSR count). The zero-order valence-corrected chi connectivity index (χ0v) is 14.7. The molecule has 1 unspecified atom stereocenters. The standard InChI is InChI=1S/C18H25N5O2/c1-14(13-23-9-2-6-19-23)21-7-3-8-22(11-10-21)18(24)17-12-16(20-25-17)15-4-5-15/h2,6,9,12,14-15H,3-5,7-8,10-11,13H2,1H3. The number of hydrogen-bond acceptors (Lipinski definition) is 5. The third-order valence-electron chi connectivity index (χ3n) is 5.19. The number of hydrogen-bond donors (Lipinski definition) is 0. The Morgan fingerprint density at radius 1 is 1.32 bits per heavy atom. The third-order valence-corrected chi connectivity index (χ3v) is 5.19. The van der Waals surface area contributed by atoms with Crippen LogP contribution in [-0.2, 0) is 6.54 Å². The summed E-state index contributed by atoms with van der Waals surface area (Å²) in [6, 6.07) is 4.17. The number of carbonyl (C=O) groups excluding carboxylic acids is 1. The Morgan fingerprint density at radius 2 is 2.20 bits per heavy atom. The lowest BCUT2D eigenvalue weighted by molar-refractivity contribution is 0.0715. The molecule has 1 amide bonds. The minimum Gasteiger partial charge on any atom is -0.351 e. The van der Waals surface area contributed by atoms with Crippen LogP contribution in [0.15, 0.2) is 29.0 Å². The number of aromatic nitrogens is 3. The maximum Gasteiger partial charge on any atom is 0.292 e. The van der Waals surface area contributed by atoms with Gasteiger partial charge in [-0.1, -0.05) is 5.16 Å². The van der Waals surface area contributed by atoms with Crippen molar-refractivity contribution < 1.29 is 9.32 Å². The van der Waals surface area contributed by atoms with Crippen molar-refractivity contribution >= 4 is 5.91 Å². The smallest absolute Gasteiger partial charge is 0.292 e. The van der Waals surface area contributed by atoms with Crippen LogP contribution in [0.5, 0.6) is 0 Å². The lowest BCUT2D eigenvalue weighted by Crippen LogP contribution is -2.40. The third kappa shape index (κ3) is 3.76. The SMILES string of the molecule is CC(Cn1cccn1)N1CCCN(C(=O)c2cc(C3CC3)no2)CC1. The van der Waals surface area contributed by atoms with Crippen LogP contribution in [0.25, 0.3) is 0 Å². The lowest BCUT2D eigenvalue weighted by Gasteiger charge is -2.27. The van der Waals surface area contributed by atoms with Crippen LogP contribution in [0, 0.1) is 0 Å². The maximum absolute atomic E-state index is 12.7. The molecule has 1 saturated carbocycles. The molecular weight excluding hydrogens is 318 g/mol. The van der Waals surface area contributed by atoms with Crippen molar-refractivity contribution in [1.29, 1.82) is 0 Å². The monoisotopic (exact) mass is 343 g/mol. The number of nitrogens with zero attached hydrogens (tertiary/aromatic N) is 5. The van der Waals surface area contributed by atoms with E-state index in [0.29, 0.717) is 17.7 Å². The molecule has 3 heterocycles. The zero-order chi connectivity index (χ0) is 17.2. The van der Waals surface area contributed by atoms with E-state index >= 15 is 0 Å². The fourth-order valence-corrected chi connectivity index (χ4v) is 3.49. The number of rotatable bonds is 5. The molecule has 2 aromatic heterocycles. The summed E-state index contributed by atoms with van der Waals surface area (Å²) >= 11 is 0. The van der Waals surface area contributed by atoms with Gasteiger partial charge >= 0.3 is 0 Å². The summed E-state index contributed by atoms with van der Waals surface area (Å²) < 4.78 is 7.26. The Balaban J connectivity index is 1.34. The van der Waals surface area contributed by atoms with Gasteiger partial charge in [0.05, 0.1) is 12.2 Å². The maximum atomic E-state index is 12.7. The van der Waals surface area contributed by atoms with E-state index in [1.54, 1.807) is 0 Å². The molecule has 25 heavy (non-hydrogen) atoms. The summed E-state index contributed by atoms with van der Waals surface area (Å²) in [6.45, 7) is 6.45. The van der Waals surface area contributed by atoms with Crippen LogP contribution >= 0.6 is 0 Å². The van der Waals surface area contributed by atoms with E-state index in [4.69, 9.17) is 4.52 Å². The summed E-state index contributed by atoms with van der Waals surface area (Å²) in [6.07, 6.45) is 7.09. The minimum atomic E-state index is -0.0269. The Morgan fingerprint density at radius 3 is 2.96 bits per heavy atom. The van der Waals surface area contributed by atoms with Gasteiger partial charge in [0.1, 0.15) is 0 Å². The van der Waals surface area contributed by atoms with Gasteiger partial charge in [0.2, 0.25) is 5.76 Å². The zero-order valence-electron chi connectivity index (χ0n) is 14.7. The van der Waals surface area contributed by atoms with E-state index in [1.165, 1.54) is 0 Å². The highest BCUT2D eigenvalue weighted by molar-refractivity contribution is 5.91. The van der Waals surface area contributed by atoms with Crippen LogP contribution in [0.2, 0.25) is 0 Å². The predicted octanol–water partition coefficient (Wildman–Crippen LogP) is 1.99. The lowest BCUT2D eigenvalue weighted by atomic mass is 10.2. The first-order valence-corrected chi connectivity index (χ1v) is 9.18. The molecule has 2 aliphatic rings. The number of carbonyl (C=O) groups is 1. The number of amides is 1. The van der Waals surface area contributed by atoms with E-state index in [9.17, 15) is 4.79 Å². The van der Waals surface area contributed by atoms with E-state index < -0.39 is 0 Å². The molecule has 2 aromatic rings. The van der Waals surface area contributed by atoms with Gasteiger partial charge in [0.15, 0.2) is 0 Å². The van der Waals surface area contributed by atoms with Crippen molar-refractivity contribution in [3.63, 3.8) is 0 Å². The largest absolute Gasteiger partial charge is 0.351 e. The molecule has 0 aromatic carbocycles. The second-order valence-corrected chi connectivity index (χ2v) is 7.15. The summed E-state index contributed by atoms with van der Waals surface area (Å²) in [5, 5.41) is 8.34. The van der Waals surface area contributed by atoms with Crippen molar-refractivity contribution in [3.05, 3.63) is 36.0 Å². The molecule has 7 nitrogen and oxygen atoms in total. The molecule has 0 bridgehead atoms. The molecule has 0 spiro atoms. The first-order chi connectivity index (χ1) is 12.2. The van der Waals surface area contributed by atoms with Crippen molar-refractivity contribution in [3.8, 4) is 0 Å². The van der Waals surface area contributed by atoms with Gasteiger partial charge in [-0.3, -0.25) is 14.4 Å². The molecule has 0 radical (unpaired) electrons. The Kier molecular flexibility index (Phi) is 4.57. The molecular formula is C18H25N5O2. The molecule has 1 aliphatic heterocycles. The van der Waals surface area contributed by atoms with Gasteiger partial charge < -0.3 is 9.42 Å². The van der Waals surface area contributed by atoms with Crippen LogP contribution < -0.4 is 0 Å². The van der Waals surface area contributed by atoms with Crippen molar-refractivity contribution in [2.45, 2.75) is 44.7 Å². The highest BCUT2D eigenvalue weighted by Crippen LogP contribution is 2.39. The van der Waals surface area contributed by atoms with Gasteiger partial charge in [-0.15, -0.1) is 0 Å². The quantitative estimate of drug-likeness (QED) is 0.830. The fourth-order valence-electron chi connectivity index (χ4n) is 3.49. The summed E-state index contributed by atoms with van der Waals surface area (Å²) in [4.78, 5) is 17.0. The summed E-state index contributed by atoms with van der Waals surface area (Å²) in [5.41, 5.74) is 0.938. The first kappa shape index (κ1) is 16.3. The Hall–Kier alpha value is -2.15. The Bertz CT molecular complexity index is 707. The highest BCUT2D eigenvalue weighted by Gasteiger charge is 2.30. The molecule has 1 saturated heterocycles. The average Bonchev–Trinajstić information content (AvgIpc) is 3.22. The van der Waals surface area contributed by atoms with Gasteiger partial charge in [-0.05, 0) is 32.3 Å². The van der Waals surface area contributed by atoms with Gasteiger partial charge in [-0.2, -0.15) is 5.10 Å². The van der Waals surface area contributed by atoms with E-state index in [-0.39, 0.29) is 5.91 Å². The van der Waals surface area contributed by atoms with Crippen LogP contribution in [-0.4, -0.2) is 62.9 Å². The summed E-state index contributed by atoms with van der Waals surface area (Å²) in [5.74, 6) is 0.869. The topological polar surface area (TPSA) is 67.4 Å². The molecule has 7 heteroatoms. The second-order valence-electron chi connectivity index (χ2n) is 7.15. The van der Waals surface area contributed by atoms with Crippen molar-refractivity contribution in [1.82, 2.24) is 24.7 Å². The van der Waals surface area contributed by atoms with E-state index in [1.807, 2.05) is 34.1 Å². The Labute approximate surface area is 147 Å². The normalized spacial score (nSPS) is 20.4. The van der Waals surface area contributed by atoms with Gasteiger partial charge in [0.25, 0.3) is 5.91 Å². The van der Waals surface area contributed by atoms with Gasteiger partial charge in [-0.25, -0.2) is 0 Å². The highest BCUT2D eigenvalue weighted by atomic mass is 16.5. The van der Waals surface area contributed by atoms with E-state index in [2.05, 4.69) is 22.1 Å².